The fourth-order valence-corrected chi connectivity index (χ4v) is 3.81. The summed E-state index contributed by atoms with van der Waals surface area (Å²) in [4.78, 5) is 11.9. The van der Waals surface area contributed by atoms with Crippen LogP contribution in [0.2, 0.25) is 0 Å². The molecule has 0 aliphatic heterocycles. The van der Waals surface area contributed by atoms with Crippen molar-refractivity contribution in [3.05, 3.63) is 45.8 Å². The maximum absolute atomic E-state index is 14.0. The molecule has 0 aliphatic carbocycles. The van der Waals surface area contributed by atoms with Crippen molar-refractivity contribution >= 4 is 43.0 Å². The van der Waals surface area contributed by atoms with Crippen molar-refractivity contribution in [2.45, 2.75) is 16.7 Å². The van der Waals surface area contributed by atoms with E-state index in [2.05, 4.69) is 10.3 Å². The fourth-order valence-electron chi connectivity index (χ4n) is 2.34. The van der Waals surface area contributed by atoms with E-state index in [1.54, 1.807) is 5.48 Å². The Morgan fingerprint density at radius 3 is 2.07 bits per heavy atom. The van der Waals surface area contributed by atoms with Crippen LogP contribution in [0.1, 0.15) is 5.56 Å². The second-order valence-electron chi connectivity index (χ2n) is 5.49. The lowest BCUT2D eigenvalue weighted by molar-refractivity contribution is -0.383. The molecule has 2 aromatic carbocycles. The largest absolute Gasteiger partial charge is 0.349 e. The molecule has 0 aliphatic rings. The van der Waals surface area contributed by atoms with Crippen LogP contribution in [0.25, 0.3) is 0 Å². The van der Waals surface area contributed by atoms with Gasteiger partial charge < -0.3 is 5.32 Å². The Balaban J connectivity index is 2.73. The van der Waals surface area contributed by atoms with Crippen molar-refractivity contribution in [2.24, 2.45) is 0 Å². The Morgan fingerprint density at radius 1 is 1.00 bits per heavy atom. The van der Waals surface area contributed by atoms with E-state index in [1.165, 1.54) is 6.92 Å². The summed E-state index contributed by atoms with van der Waals surface area (Å²) >= 11 is 0. The lowest BCUT2D eigenvalue weighted by atomic mass is 10.2. The summed E-state index contributed by atoms with van der Waals surface area (Å²) in [5, 5.41) is 21.8. The van der Waals surface area contributed by atoms with Crippen molar-refractivity contribution in [1.29, 1.82) is 0 Å². The number of rotatable bonds is 7. The summed E-state index contributed by atoms with van der Waals surface area (Å²) in [5.74, 6) is -1.16. The number of aryl methyl sites for hydroxylation is 1. The SMILES string of the molecule is Cc1cc(Nc2cc(F)c(NOO)cc2[N+](=O)[O-])c(S(=O)(=O)O)cc1S(=O)(=O)O. The fraction of sp³-hybridized carbons (Fsp3) is 0.0769. The maximum Gasteiger partial charge on any atom is 0.296 e. The first-order valence-electron chi connectivity index (χ1n) is 7.16. The molecule has 0 fully saturated rings. The summed E-state index contributed by atoms with van der Waals surface area (Å²) in [7, 11) is -9.94. The molecule has 0 amide bonds. The predicted octanol–water partition coefficient (Wildman–Crippen LogP) is 2.10. The van der Waals surface area contributed by atoms with Gasteiger partial charge in [0.15, 0.2) is 5.82 Å². The van der Waals surface area contributed by atoms with Crippen LogP contribution in [-0.4, -0.2) is 36.1 Å². The average molecular weight is 453 g/mol. The smallest absolute Gasteiger partial charge is 0.296 e. The molecule has 0 atom stereocenters. The Morgan fingerprint density at radius 2 is 1.59 bits per heavy atom. The molecule has 158 valence electrons. The van der Waals surface area contributed by atoms with Gasteiger partial charge in [-0.2, -0.15) is 16.8 Å². The molecule has 0 bridgehead atoms. The highest BCUT2D eigenvalue weighted by Gasteiger charge is 2.25. The summed E-state index contributed by atoms with van der Waals surface area (Å²) in [6.45, 7) is 1.17. The third-order valence-electron chi connectivity index (χ3n) is 3.54. The molecule has 0 saturated carbocycles. The van der Waals surface area contributed by atoms with Gasteiger partial charge >= 0.3 is 0 Å². The Hall–Kier alpha value is -2.89. The van der Waals surface area contributed by atoms with E-state index in [1.807, 2.05) is 0 Å². The molecule has 0 spiro atoms. The van der Waals surface area contributed by atoms with Gasteiger partial charge in [0.25, 0.3) is 25.9 Å². The monoisotopic (exact) mass is 453 g/mol. The molecule has 5 N–H and O–H groups in total. The van der Waals surface area contributed by atoms with Gasteiger partial charge in [-0.3, -0.25) is 19.2 Å². The summed E-state index contributed by atoms with van der Waals surface area (Å²) < 4.78 is 78.6. The normalized spacial score (nSPS) is 11.9. The Bertz CT molecular complexity index is 1200. The Kier molecular flexibility index (Phi) is 6.07. The maximum atomic E-state index is 14.0. The van der Waals surface area contributed by atoms with E-state index in [0.717, 1.165) is 6.07 Å². The molecule has 16 heteroatoms. The number of anilines is 3. The van der Waals surface area contributed by atoms with Gasteiger partial charge in [0.1, 0.15) is 16.3 Å². The standard InChI is InChI=1S/C13H12FN3O10S2/c1-6-2-10(13(29(24,25)26)5-12(6)28(21,22)23)15-9-3-7(14)8(16-27-20)4-11(9)17(18)19/h2-5,15-16,20H,1H3,(H,21,22,23)(H,24,25,26). The zero-order valence-electron chi connectivity index (χ0n) is 14.2. The molecule has 0 unspecified atom stereocenters. The van der Waals surface area contributed by atoms with Crippen LogP contribution in [0.3, 0.4) is 0 Å². The predicted molar refractivity (Wildman–Crippen MR) is 94.5 cm³/mol. The number of nitro groups is 1. The average Bonchev–Trinajstić information content (AvgIpc) is 2.54. The topological polar surface area (TPSA) is 205 Å². The van der Waals surface area contributed by atoms with Gasteiger partial charge in [-0.25, -0.2) is 15.1 Å². The van der Waals surface area contributed by atoms with Crippen molar-refractivity contribution in [3.8, 4) is 0 Å². The molecular weight excluding hydrogens is 441 g/mol. The third kappa shape index (κ3) is 4.94. The van der Waals surface area contributed by atoms with Crippen LogP contribution >= 0.6 is 0 Å². The van der Waals surface area contributed by atoms with Crippen molar-refractivity contribution in [3.63, 3.8) is 0 Å². The van der Waals surface area contributed by atoms with E-state index in [9.17, 15) is 40.4 Å². The highest BCUT2D eigenvalue weighted by atomic mass is 32.2. The van der Waals surface area contributed by atoms with E-state index >= 15 is 0 Å². The highest BCUT2D eigenvalue weighted by molar-refractivity contribution is 7.86. The molecule has 0 heterocycles. The van der Waals surface area contributed by atoms with Crippen molar-refractivity contribution in [1.82, 2.24) is 0 Å². The molecule has 0 saturated heterocycles. The summed E-state index contributed by atoms with van der Waals surface area (Å²) in [6.07, 6.45) is 0. The van der Waals surface area contributed by atoms with Crippen LogP contribution in [-0.2, 0) is 25.2 Å². The minimum atomic E-state index is -5.08. The second kappa shape index (κ2) is 7.85. The first-order chi connectivity index (χ1) is 13.3. The lowest BCUT2D eigenvalue weighted by Crippen LogP contribution is -2.09. The molecule has 0 aromatic heterocycles. The van der Waals surface area contributed by atoms with Crippen molar-refractivity contribution < 1.29 is 45.5 Å². The Labute approximate surface area is 162 Å². The van der Waals surface area contributed by atoms with Gasteiger partial charge in [-0.15, -0.1) is 4.99 Å². The molecule has 2 aromatic rings. The number of benzene rings is 2. The van der Waals surface area contributed by atoms with Crippen LogP contribution < -0.4 is 10.8 Å². The highest BCUT2D eigenvalue weighted by Crippen LogP contribution is 2.36. The molecular formula is C13H12FN3O10S2. The minimum absolute atomic E-state index is 0.183. The summed E-state index contributed by atoms with van der Waals surface area (Å²) in [6, 6.07) is 2.45. The number of nitrogens with one attached hydrogen (secondary N) is 2. The number of nitro benzene ring substituents is 1. The van der Waals surface area contributed by atoms with E-state index < -0.39 is 63.5 Å². The molecule has 29 heavy (non-hydrogen) atoms. The molecule has 0 radical (unpaired) electrons. The first kappa shape index (κ1) is 22.4. The molecule has 13 nitrogen and oxygen atoms in total. The van der Waals surface area contributed by atoms with Gasteiger partial charge in [0.2, 0.25) is 0 Å². The van der Waals surface area contributed by atoms with Crippen LogP contribution in [0.4, 0.5) is 27.1 Å². The van der Waals surface area contributed by atoms with Gasteiger partial charge in [-0.05, 0) is 24.6 Å². The van der Waals surface area contributed by atoms with Crippen LogP contribution in [0.15, 0.2) is 34.1 Å². The van der Waals surface area contributed by atoms with E-state index in [0.29, 0.717) is 18.2 Å². The quantitative estimate of drug-likeness (QED) is 0.177. The first-order valence-corrected chi connectivity index (χ1v) is 10.0. The van der Waals surface area contributed by atoms with Gasteiger partial charge in [0, 0.05) is 12.1 Å². The second-order valence-corrected chi connectivity index (χ2v) is 8.27. The zero-order valence-corrected chi connectivity index (χ0v) is 15.8. The number of hydrogen-bond donors (Lipinski definition) is 5. The number of nitrogens with zero attached hydrogens (tertiary/aromatic N) is 1. The van der Waals surface area contributed by atoms with Gasteiger partial charge in [0.05, 0.1) is 15.5 Å². The third-order valence-corrected chi connectivity index (χ3v) is 5.43. The summed E-state index contributed by atoms with van der Waals surface area (Å²) in [5.41, 5.74) is -1.09. The van der Waals surface area contributed by atoms with Crippen LogP contribution in [0.5, 0.6) is 0 Å². The van der Waals surface area contributed by atoms with Crippen molar-refractivity contribution in [2.75, 3.05) is 10.8 Å². The molecule has 2 rings (SSSR count). The number of hydrogen-bond acceptors (Lipinski definition) is 10. The van der Waals surface area contributed by atoms with Gasteiger partial charge in [-0.1, -0.05) is 0 Å². The van der Waals surface area contributed by atoms with E-state index in [4.69, 9.17) is 5.26 Å². The van der Waals surface area contributed by atoms with E-state index in [-0.39, 0.29) is 5.56 Å². The number of halogens is 1. The lowest BCUT2D eigenvalue weighted by Gasteiger charge is -2.14. The minimum Gasteiger partial charge on any atom is -0.349 e. The van der Waals surface area contributed by atoms with Crippen LogP contribution in [0, 0.1) is 22.9 Å². The zero-order chi connectivity index (χ0) is 22.1.